The molecule has 0 saturated carbocycles. The highest BCUT2D eigenvalue weighted by atomic mass is 32.2. The van der Waals surface area contributed by atoms with Gasteiger partial charge >= 0.3 is 0 Å². The third-order valence-electron chi connectivity index (χ3n) is 5.06. The maximum atomic E-state index is 13.1. The summed E-state index contributed by atoms with van der Waals surface area (Å²) in [4.78, 5) is 16.3. The zero-order valence-corrected chi connectivity index (χ0v) is 17.4. The van der Waals surface area contributed by atoms with Gasteiger partial charge in [-0.05, 0) is 54.1 Å². The Morgan fingerprint density at radius 2 is 2.07 bits per heavy atom. The molecule has 0 radical (unpaired) electrons. The van der Waals surface area contributed by atoms with Gasteiger partial charge in [0.15, 0.2) is 11.0 Å². The van der Waals surface area contributed by atoms with Gasteiger partial charge in [-0.25, -0.2) is 4.39 Å². The van der Waals surface area contributed by atoms with E-state index in [2.05, 4.69) is 28.6 Å². The Morgan fingerprint density at radius 1 is 1.29 bits per heavy atom. The number of thiophene rings is 1. The van der Waals surface area contributed by atoms with Gasteiger partial charge in [0.1, 0.15) is 5.82 Å². The summed E-state index contributed by atoms with van der Waals surface area (Å²) in [5.41, 5.74) is 2.09. The normalized spacial score (nSPS) is 16.2. The molecule has 1 amide bonds. The van der Waals surface area contributed by atoms with Crippen LogP contribution in [0.2, 0.25) is 0 Å². The summed E-state index contributed by atoms with van der Waals surface area (Å²) >= 11 is 3.17. The minimum atomic E-state index is -0.285. The first-order chi connectivity index (χ1) is 13.6. The molecule has 28 heavy (non-hydrogen) atoms. The predicted octanol–water partition coefficient (Wildman–Crippen LogP) is 4.31. The number of benzene rings is 1. The minimum absolute atomic E-state index is 0.125. The van der Waals surface area contributed by atoms with E-state index >= 15 is 0 Å². The molecular weight excluding hydrogens is 395 g/mol. The number of fused-ring (bicyclic) bond motifs is 1. The zero-order valence-electron chi connectivity index (χ0n) is 15.8. The van der Waals surface area contributed by atoms with Crippen LogP contribution in [0.15, 0.2) is 40.9 Å². The van der Waals surface area contributed by atoms with Crippen LogP contribution in [0.5, 0.6) is 0 Å². The molecule has 1 aliphatic rings. The number of rotatable bonds is 5. The van der Waals surface area contributed by atoms with Crippen molar-refractivity contribution in [3.05, 3.63) is 52.0 Å². The van der Waals surface area contributed by atoms with Crippen LogP contribution in [0.3, 0.4) is 0 Å². The molecule has 5 nitrogen and oxygen atoms in total. The van der Waals surface area contributed by atoms with Gasteiger partial charge in [-0.2, -0.15) is 0 Å². The number of halogens is 1. The van der Waals surface area contributed by atoms with E-state index in [-0.39, 0.29) is 17.8 Å². The van der Waals surface area contributed by atoms with Gasteiger partial charge in [0.25, 0.3) is 0 Å². The van der Waals surface area contributed by atoms with E-state index in [9.17, 15) is 9.18 Å². The molecule has 1 atom stereocenters. The highest BCUT2D eigenvalue weighted by Crippen LogP contribution is 2.35. The van der Waals surface area contributed by atoms with Crippen molar-refractivity contribution in [3.63, 3.8) is 0 Å². The van der Waals surface area contributed by atoms with Gasteiger partial charge in [-0.15, -0.1) is 21.5 Å². The number of thioether (sulfide) groups is 1. The van der Waals surface area contributed by atoms with Crippen LogP contribution in [-0.4, -0.2) is 37.9 Å². The van der Waals surface area contributed by atoms with Crippen molar-refractivity contribution < 1.29 is 9.18 Å². The van der Waals surface area contributed by atoms with Crippen LogP contribution < -0.4 is 0 Å². The van der Waals surface area contributed by atoms with Crippen LogP contribution in [0.25, 0.3) is 11.4 Å². The summed E-state index contributed by atoms with van der Waals surface area (Å²) in [6.45, 7) is 2.90. The molecule has 3 heterocycles. The van der Waals surface area contributed by atoms with Gasteiger partial charge in [-0.3, -0.25) is 4.79 Å². The third kappa shape index (κ3) is 3.58. The van der Waals surface area contributed by atoms with Crippen LogP contribution in [0.1, 0.15) is 29.8 Å². The summed E-state index contributed by atoms with van der Waals surface area (Å²) in [5, 5.41) is 11.2. The molecule has 0 bridgehead atoms. The Bertz CT molecular complexity index is 983. The molecule has 2 aromatic heterocycles. The van der Waals surface area contributed by atoms with E-state index in [0.29, 0.717) is 16.7 Å². The minimum Gasteiger partial charge on any atom is -0.335 e. The standard InChI is InChI=1S/C20H21FN4OS2/c1-3-16-15-9-11-27-17(15)8-10-25(16)18(26)12-28-20-23-22-19(24(20)2)13-4-6-14(21)7-5-13/h4-7,9,11,16H,3,8,10,12H2,1-2H3. The lowest BCUT2D eigenvalue weighted by Crippen LogP contribution is -2.40. The SMILES string of the molecule is CCC1c2ccsc2CCN1C(=O)CSc1nnc(-c2ccc(F)cc2)n1C. The number of aromatic nitrogens is 3. The highest BCUT2D eigenvalue weighted by molar-refractivity contribution is 7.99. The Hall–Kier alpha value is -2.19. The molecule has 0 saturated heterocycles. The molecule has 0 N–H and O–H groups in total. The first-order valence-corrected chi connectivity index (χ1v) is 11.1. The average molecular weight is 417 g/mol. The van der Waals surface area contributed by atoms with Gasteiger partial charge in [0.05, 0.1) is 11.8 Å². The van der Waals surface area contributed by atoms with Crippen LogP contribution in [0, 0.1) is 5.82 Å². The Morgan fingerprint density at radius 3 is 2.82 bits per heavy atom. The third-order valence-corrected chi connectivity index (χ3v) is 7.07. The molecular formula is C20H21FN4OS2. The summed E-state index contributed by atoms with van der Waals surface area (Å²) in [6, 6.07) is 8.48. The van der Waals surface area contributed by atoms with E-state index in [1.165, 1.54) is 34.3 Å². The second-order valence-electron chi connectivity index (χ2n) is 6.72. The molecule has 1 unspecified atom stereocenters. The molecule has 8 heteroatoms. The molecule has 0 fully saturated rings. The highest BCUT2D eigenvalue weighted by Gasteiger charge is 2.30. The average Bonchev–Trinajstić information content (AvgIpc) is 3.32. The van der Waals surface area contributed by atoms with E-state index in [4.69, 9.17) is 0 Å². The van der Waals surface area contributed by atoms with Gasteiger partial charge < -0.3 is 9.47 Å². The van der Waals surface area contributed by atoms with Gasteiger partial charge in [0.2, 0.25) is 5.91 Å². The summed E-state index contributed by atoms with van der Waals surface area (Å²) in [7, 11) is 1.86. The van der Waals surface area contributed by atoms with Crippen molar-refractivity contribution in [2.75, 3.05) is 12.3 Å². The van der Waals surface area contributed by atoms with Crippen molar-refractivity contribution in [2.45, 2.75) is 31.0 Å². The number of hydrogen-bond acceptors (Lipinski definition) is 5. The summed E-state index contributed by atoms with van der Waals surface area (Å²) in [6.07, 6.45) is 1.84. The molecule has 3 aromatic rings. The Kier molecular flexibility index (Phi) is 5.50. The fourth-order valence-electron chi connectivity index (χ4n) is 3.64. The largest absolute Gasteiger partial charge is 0.335 e. The van der Waals surface area contributed by atoms with Crippen molar-refractivity contribution in [2.24, 2.45) is 7.05 Å². The predicted molar refractivity (Wildman–Crippen MR) is 110 cm³/mol. The summed E-state index contributed by atoms with van der Waals surface area (Å²) in [5.74, 6) is 0.819. The monoisotopic (exact) mass is 416 g/mol. The number of carbonyl (C=O) groups is 1. The Balaban J connectivity index is 1.45. The van der Waals surface area contributed by atoms with Crippen molar-refractivity contribution in [1.29, 1.82) is 0 Å². The van der Waals surface area contributed by atoms with E-state index in [0.717, 1.165) is 24.9 Å². The second-order valence-corrected chi connectivity index (χ2v) is 8.66. The van der Waals surface area contributed by atoms with E-state index in [1.807, 2.05) is 16.5 Å². The number of amides is 1. The second kappa shape index (κ2) is 8.05. The number of hydrogen-bond donors (Lipinski definition) is 0. The van der Waals surface area contributed by atoms with Crippen molar-refractivity contribution in [1.82, 2.24) is 19.7 Å². The molecule has 1 aromatic carbocycles. The maximum absolute atomic E-state index is 13.1. The van der Waals surface area contributed by atoms with E-state index in [1.54, 1.807) is 23.5 Å². The lowest BCUT2D eigenvalue weighted by Gasteiger charge is -2.35. The number of carbonyl (C=O) groups excluding carboxylic acids is 1. The topological polar surface area (TPSA) is 51.0 Å². The first-order valence-electron chi connectivity index (χ1n) is 9.22. The molecule has 4 rings (SSSR count). The maximum Gasteiger partial charge on any atom is 0.233 e. The molecule has 0 spiro atoms. The summed E-state index contributed by atoms with van der Waals surface area (Å²) < 4.78 is 15.0. The quantitative estimate of drug-likeness (QED) is 0.582. The van der Waals surface area contributed by atoms with Crippen LogP contribution in [-0.2, 0) is 18.3 Å². The smallest absolute Gasteiger partial charge is 0.233 e. The molecule has 0 aliphatic carbocycles. The molecule has 1 aliphatic heterocycles. The van der Waals surface area contributed by atoms with Crippen molar-refractivity contribution in [3.8, 4) is 11.4 Å². The molecule has 146 valence electrons. The lowest BCUT2D eigenvalue weighted by atomic mass is 9.98. The number of nitrogens with zero attached hydrogens (tertiary/aromatic N) is 4. The van der Waals surface area contributed by atoms with Gasteiger partial charge in [-0.1, -0.05) is 18.7 Å². The lowest BCUT2D eigenvalue weighted by molar-refractivity contribution is -0.131. The van der Waals surface area contributed by atoms with E-state index < -0.39 is 0 Å². The fraction of sp³-hybridized carbons (Fsp3) is 0.350. The first kappa shape index (κ1) is 19.1. The Labute approximate surface area is 171 Å². The van der Waals surface area contributed by atoms with Gasteiger partial charge in [0, 0.05) is 24.0 Å². The zero-order chi connectivity index (χ0) is 19.7. The fourth-order valence-corrected chi connectivity index (χ4v) is 5.36. The van der Waals surface area contributed by atoms with Crippen molar-refractivity contribution >= 4 is 29.0 Å². The van der Waals surface area contributed by atoms with Crippen LogP contribution >= 0.6 is 23.1 Å². The van der Waals surface area contributed by atoms with Crippen LogP contribution in [0.4, 0.5) is 4.39 Å².